The van der Waals surface area contributed by atoms with Gasteiger partial charge in [0.15, 0.2) is 11.5 Å². The van der Waals surface area contributed by atoms with Gasteiger partial charge in [0.25, 0.3) is 5.91 Å². The number of methoxy groups -OCH3 is 1. The summed E-state index contributed by atoms with van der Waals surface area (Å²) >= 11 is 6.33. The first-order valence-electron chi connectivity index (χ1n) is 9.47. The number of rotatable bonds is 7. The van der Waals surface area contributed by atoms with Gasteiger partial charge in [0.05, 0.1) is 18.7 Å². The summed E-state index contributed by atoms with van der Waals surface area (Å²) in [5, 5.41) is 3.37. The van der Waals surface area contributed by atoms with Crippen molar-refractivity contribution < 1.29 is 19.1 Å². The first-order valence-corrected chi connectivity index (χ1v) is 9.85. The molecule has 7 heteroatoms. The molecule has 0 bridgehead atoms. The molecule has 0 saturated carbocycles. The number of nitrogens with zero attached hydrogens (tertiary/aromatic N) is 1. The average Bonchev–Trinajstić information content (AvgIpc) is 2.65. The summed E-state index contributed by atoms with van der Waals surface area (Å²) in [4.78, 5) is 26.7. The van der Waals surface area contributed by atoms with Gasteiger partial charge >= 0.3 is 0 Å². The Morgan fingerprint density at radius 1 is 1.37 bits per heavy atom. The van der Waals surface area contributed by atoms with Crippen LogP contribution >= 0.6 is 11.6 Å². The second kappa shape index (κ2) is 9.83. The SMILES string of the molecule is CCCOc1c(Cl)cc(C(=O)N2CCCC(NC(=O)C(C)C)C2)cc1OC. The molecule has 2 amide bonds. The topological polar surface area (TPSA) is 67.9 Å². The van der Waals surface area contributed by atoms with Gasteiger partial charge in [0.2, 0.25) is 5.91 Å². The number of likely N-dealkylation sites (tertiary alicyclic amines) is 1. The zero-order valence-corrected chi connectivity index (χ0v) is 17.3. The van der Waals surface area contributed by atoms with Crippen LogP contribution in [0.2, 0.25) is 5.02 Å². The maximum absolute atomic E-state index is 13.0. The predicted octanol–water partition coefficient (Wildman–Crippen LogP) is 3.51. The molecular weight excluding hydrogens is 368 g/mol. The minimum atomic E-state index is -0.124. The molecule has 1 aromatic rings. The highest BCUT2D eigenvalue weighted by atomic mass is 35.5. The maximum Gasteiger partial charge on any atom is 0.254 e. The fourth-order valence-electron chi connectivity index (χ4n) is 3.02. The Balaban J connectivity index is 2.14. The van der Waals surface area contributed by atoms with Gasteiger partial charge in [-0.3, -0.25) is 9.59 Å². The van der Waals surface area contributed by atoms with Crippen LogP contribution in [0.5, 0.6) is 11.5 Å². The Bertz CT molecular complexity index is 678. The lowest BCUT2D eigenvalue weighted by Crippen LogP contribution is -2.50. The van der Waals surface area contributed by atoms with Crippen LogP contribution in [0.3, 0.4) is 0 Å². The molecule has 1 aliphatic heterocycles. The second-order valence-electron chi connectivity index (χ2n) is 7.09. The fraction of sp³-hybridized carbons (Fsp3) is 0.600. The van der Waals surface area contributed by atoms with Gasteiger partial charge in [-0.25, -0.2) is 0 Å². The van der Waals surface area contributed by atoms with E-state index in [0.29, 0.717) is 41.8 Å². The van der Waals surface area contributed by atoms with E-state index in [2.05, 4.69) is 5.32 Å². The summed E-state index contributed by atoms with van der Waals surface area (Å²) < 4.78 is 11.0. The van der Waals surface area contributed by atoms with Crippen molar-refractivity contribution in [2.24, 2.45) is 5.92 Å². The van der Waals surface area contributed by atoms with Gasteiger partial charge in [0.1, 0.15) is 0 Å². The van der Waals surface area contributed by atoms with Gasteiger partial charge in [-0.1, -0.05) is 32.4 Å². The van der Waals surface area contributed by atoms with E-state index in [4.69, 9.17) is 21.1 Å². The second-order valence-corrected chi connectivity index (χ2v) is 7.50. The summed E-state index contributed by atoms with van der Waals surface area (Å²) in [6, 6.07) is 3.26. The molecule has 27 heavy (non-hydrogen) atoms. The minimum Gasteiger partial charge on any atom is -0.493 e. The molecule has 1 unspecified atom stereocenters. The van der Waals surface area contributed by atoms with Crippen molar-refractivity contribution in [3.63, 3.8) is 0 Å². The number of amides is 2. The van der Waals surface area contributed by atoms with Crippen LogP contribution in [-0.4, -0.2) is 49.6 Å². The highest BCUT2D eigenvalue weighted by molar-refractivity contribution is 6.32. The van der Waals surface area contributed by atoms with Gasteiger partial charge in [-0.05, 0) is 31.4 Å². The normalized spacial score (nSPS) is 17.0. The van der Waals surface area contributed by atoms with E-state index in [0.717, 1.165) is 19.3 Å². The van der Waals surface area contributed by atoms with Crippen LogP contribution in [-0.2, 0) is 4.79 Å². The molecule has 0 spiro atoms. The third-order valence-corrected chi connectivity index (χ3v) is 4.79. The summed E-state index contributed by atoms with van der Waals surface area (Å²) in [5.74, 6) is 0.714. The zero-order chi connectivity index (χ0) is 20.0. The molecule has 1 saturated heterocycles. The number of ether oxygens (including phenoxy) is 2. The van der Waals surface area contributed by atoms with E-state index in [9.17, 15) is 9.59 Å². The standard InChI is InChI=1S/C20H29ClN2O4/c1-5-9-27-18-16(21)10-14(11-17(18)26-4)20(25)23-8-6-7-15(12-23)22-19(24)13(2)3/h10-11,13,15H,5-9,12H2,1-4H3,(H,22,24). The number of halogens is 1. The lowest BCUT2D eigenvalue weighted by molar-refractivity contribution is -0.125. The minimum absolute atomic E-state index is 0.0106. The Morgan fingerprint density at radius 2 is 2.11 bits per heavy atom. The van der Waals surface area contributed by atoms with E-state index < -0.39 is 0 Å². The fourth-order valence-corrected chi connectivity index (χ4v) is 3.28. The molecular formula is C20H29ClN2O4. The van der Waals surface area contributed by atoms with Crippen LogP contribution in [0.4, 0.5) is 0 Å². The molecule has 0 aromatic heterocycles. The first kappa shape index (κ1) is 21.4. The third-order valence-electron chi connectivity index (χ3n) is 4.51. The van der Waals surface area contributed by atoms with E-state index in [1.807, 2.05) is 20.8 Å². The van der Waals surface area contributed by atoms with Crippen molar-refractivity contribution in [3.8, 4) is 11.5 Å². The Kier molecular flexibility index (Phi) is 7.78. The van der Waals surface area contributed by atoms with Crippen molar-refractivity contribution >= 4 is 23.4 Å². The highest BCUT2D eigenvalue weighted by Crippen LogP contribution is 2.37. The smallest absolute Gasteiger partial charge is 0.254 e. The van der Waals surface area contributed by atoms with E-state index >= 15 is 0 Å². The van der Waals surface area contributed by atoms with Crippen LogP contribution in [0.1, 0.15) is 50.4 Å². The van der Waals surface area contributed by atoms with Crippen molar-refractivity contribution in [1.29, 1.82) is 0 Å². The summed E-state index contributed by atoms with van der Waals surface area (Å²) in [6.45, 7) is 7.39. The average molecular weight is 397 g/mol. The number of piperidine rings is 1. The van der Waals surface area contributed by atoms with Crippen LogP contribution < -0.4 is 14.8 Å². The molecule has 6 nitrogen and oxygen atoms in total. The largest absolute Gasteiger partial charge is 0.493 e. The van der Waals surface area contributed by atoms with Crippen molar-refractivity contribution in [3.05, 3.63) is 22.7 Å². The monoisotopic (exact) mass is 396 g/mol. The molecule has 1 aromatic carbocycles. The summed E-state index contributed by atoms with van der Waals surface area (Å²) in [7, 11) is 1.52. The zero-order valence-electron chi connectivity index (χ0n) is 16.5. The first-order chi connectivity index (χ1) is 12.9. The molecule has 1 fully saturated rings. The van der Waals surface area contributed by atoms with Crippen LogP contribution in [0.25, 0.3) is 0 Å². The van der Waals surface area contributed by atoms with Gasteiger partial charge in [-0.15, -0.1) is 0 Å². The lowest BCUT2D eigenvalue weighted by Gasteiger charge is -2.33. The quantitative estimate of drug-likeness (QED) is 0.765. The number of nitrogens with one attached hydrogen (secondary N) is 1. The summed E-state index contributed by atoms with van der Waals surface area (Å²) in [5.41, 5.74) is 0.455. The number of carbonyl (C=O) groups excluding carboxylic acids is 2. The van der Waals surface area contributed by atoms with E-state index in [-0.39, 0.29) is 23.8 Å². The van der Waals surface area contributed by atoms with Gasteiger partial charge < -0.3 is 19.7 Å². The number of hydrogen-bond acceptors (Lipinski definition) is 4. The van der Waals surface area contributed by atoms with Crippen LogP contribution in [0.15, 0.2) is 12.1 Å². The summed E-state index contributed by atoms with van der Waals surface area (Å²) in [6.07, 6.45) is 2.56. The molecule has 2 rings (SSSR count). The van der Waals surface area contributed by atoms with Crippen molar-refractivity contribution in [2.45, 2.75) is 46.1 Å². The molecule has 150 valence electrons. The molecule has 1 N–H and O–H groups in total. The number of benzene rings is 1. The Hall–Kier alpha value is -1.95. The van der Waals surface area contributed by atoms with E-state index in [1.165, 1.54) is 7.11 Å². The molecule has 0 radical (unpaired) electrons. The molecule has 1 atom stereocenters. The van der Waals surface area contributed by atoms with Gasteiger partial charge in [-0.2, -0.15) is 0 Å². The lowest BCUT2D eigenvalue weighted by atomic mass is 10.0. The number of carbonyl (C=O) groups is 2. The van der Waals surface area contributed by atoms with Crippen molar-refractivity contribution in [2.75, 3.05) is 26.8 Å². The molecule has 1 aliphatic rings. The Morgan fingerprint density at radius 3 is 2.74 bits per heavy atom. The van der Waals surface area contributed by atoms with Crippen LogP contribution in [0, 0.1) is 5.92 Å². The highest BCUT2D eigenvalue weighted by Gasteiger charge is 2.27. The predicted molar refractivity (Wildman–Crippen MR) is 106 cm³/mol. The molecule has 1 heterocycles. The third kappa shape index (κ3) is 5.51. The molecule has 0 aliphatic carbocycles. The van der Waals surface area contributed by atoms with Crippen molar-refractivity contribution in [1.82, 2.24) is 10.2 Å². The number of hydrogen-bond donors (Lipinski definition) is 1. The maximum atomic E-state index is 13.0. The Labute approximate surface area is 166 Å². The van der Waals surface area contributed by atoms with E-state index in [1.54, 1.807) is 17.0 Å². The van der Waals surface area contributed by atoms with Gasteiger partial charge in [0, 0.05) is 30.6 Å².